The third kappa shape index (κ3) is 2.89. The van der Waals surface area contributed by atoms with Crippen LogP contribution < -0.4 is 0 Å². The van der Waals surface area contributed by atoms with Crippen molar-refractivity contribution in [3.8, 4) is 0 Å². The van der Waals surface area contributed by atoms with Crippen LogP contribution in [0.5, 0.6) is 0 Å². The van der Waals surface area contributed by atoms with E-state index in [0.717, 1.165) is 41.5 Å². The van der Waals surface area contributed by atoms with E-state index in [1.807, 2.05) is 42.2 Å². The number of fused-ring (bicyclic) bond motifs is 2. The normalized spacial score (nSPS) is 17.3. The molecule has 1 fully saturated rings. The van der Waals surface area contributed by atoms with E-state index in [2.05, 4.69) is 26.1 Å². The highest BCUT2D eigenvalue weighted by Gasteiger charge is 2.28. The fraction of sp³-hybridized carbons (Fsp3) is 0.286. The molecule has 0 radical (unpaired) electrons. The topological polar surface area (TPSA) is 76.3 Å². The monoisotopic (exact) mass is 372 g/mol. The van der Waals surface area contributed by atoms with Gasteiger partial charge in [0, 0.05) is 36.3 Å². The van der Waals surface area contributed by atoms with Crippen molar-refractivity contribution in [1.29, 1.82) is 0 Å². The molecule has 0 spiro atoms. The molecule has 0 saturated carbocycles. The number of hydrogen-bond acceptors (Lipinski definition) is 5. The molecule has 4 aromatic rings. The van der Waals surface area contributed by atoms with E-state index in [-0.39, 0.29) is 11.8 Å². The Labute approximate surface area is 162 Å². The van der Waals surface area contributed by atoms with Crippen LogP contribution in [0.3, 0.4) is 0 Å². The van der Waals surface area contributed by atoms with Crippen LogP contribution in [0.2, 0.25) is 0 Å². The van der Waals surface area contributed by atoms with Gasteiger partial charge in [0.05, 0.1) is 5.69 Å². The lowest BCUT2D eigenvalue weighted by molar-refractivity contribution is 0.0699. The number of aromatic nitrogens is 5. The van der Waals surface area contributed by atoms with Gasteiger partial charge in [0.1, 0.15) is 12.0 Å². The molecule has 0 bridgehead atoms. The number of carbonyl (C=O) groups excluding carboxylic acids is 1. The van der Waals surface area contributed by atoms with Crippen LogP contribution in [0.4, 0.5) is 0 Å². The molecule has 1 aromatic carbocycles. The molecule has 7 nitrogen and oxygen atoms in total. The number of piperidine rings is 1. The SMILES string of the molecule is Cc1cc(C2CCCN(C(=O)c3cc4ccccc4cn3)C2)n2ncnc2n1. The zero-order valence-corrected chi connectivity index (χ0v) is 15.6. The average Bonchev–Trinajstić information content (AvgIpc) is 3.20. The molecule has 1 aliphatic heterocycles. The number of pyridine rings is 1. The summed E-state index contributed by atoms with van der Waals surface area (Å²) in [6.07, 6.45) is 5.25. The Kier molecular flexibility index (Phi) is 4.00. The number of aryl methyl sites for hydroxylation is 1. The first kappa shape index (κ1) is 16.8. The van der Waals surface area contributed by atoms with Crippen LogP contribution in [-0.2, 0) is 0 Å². The molecule has 0 aliphatic carbocycles. The number of carbonyl (C=O) groups is 1. The summed E-state index contributed by atoms with van der Waals surface area (Å²) in [7, 11) is 0. The Balaban J connectivity index is 1.44. The summed E-state index contributed by atoms with van der Waals surface area (Å²) in [6, 6.07) is 11.9. The summed E-state index contributed by atoms with van der Waals surface area (Å²) >= 11 is 0. The molecule has 5 rings (SSSR count). The Morgan fingerprint density at radius 3 is 2.89 bits per heavy atom. The quantitative estimate of drug-likeness (QED) is 0.541. The molecule has 1 amide bonds. The van der Waals surface area contributed by atoms with Gasteiger partial charge in [-0.15, -0.1) is 0 Å². The lowest BCUT2D eigenvalue weighted by atomic mass is 9.93. The predicted molar refractivity (Wildman–Crippen MR) is 105 cm³/mol. The van der Waals surface area contributed by atoms with Gasteiger partial charge in [-0.3, -0.25) is 9.78 Å². The summed E-state index contributed by atoms with van der Waals surface area (Å²) in [5.41, 5.74) is 2.47. The van der Waals surface area contributed by atoms with Crippen molar-refractivity contribution in [2.24, 2.45) is 0 Å². The predicted octanol–water partition coefficient (Wildman–Crippen LogP) is 3.00. The molecule has 1 atom stereocenters. The number of amides is 1. The van der Waals surface area contributed by atoms with Crippen molar-refractivity contribution < 1.29 is 4.79 Å². The Morgan fingerprint density at radius 2 is 2.00 bits per heavy atom. The summed E-state index contributed by atoms with van der Waals surface area (Å²) in [5, 5.41) is 6.39. The van der Waals surface area contributed by atoms with Crippen LogP contribution in [-0.4, -0.2) is 48.5 Å². The van der Waals surface area contributed by atoms with Crippen molar-refractivity contribution in [2.75, 3.05) is 13.1 Å². The lowest BCUT2D eigenvalue weighted by Crippen LogP contribution is -2.40. The maximum absolute atomic E-state index is 13.1. The molecule has 4 heterocycles. The van der Waals surface area contributed by atoms with Gasteiger partial charge in [0.15, 0.2) is 0 Å². The van der Waals surface area contributed by atoms with Crippen molar-refractivity contribution in [2.45, 2.75) is 25.7 Å². The molecular weight excluding hydrogens is 352 g/mol. The van der Waals surface area contributed by atoms with E-state index >= 15 is 0 Å². The maximum Gasteiger partial charge on any atom is 0.272 e. The molecule has 0 N–H and O–H groups in total. The zero-order valence-electron chi connectivity index (χ0n) is 15.6. The van der Waals surface area contributed by atoms with Gasteiger partial charge in [0.25, 0.3) is 11.7 Å². The average molecular weight is 372 g/mol. The highest BCUT2D eigenvalue weighted by Crippen LogP contribution is 2.28. The Morgan fingerprint density at radius 1 is 1.14 bits per heavy atom. The van der Waals surface area contributed by atoms with Crippen molar-refractivity contribution in [1.82, 2.24) is 29.5 Å². The Hall–Kier alpha value is -3.35. The number of nitrogens with zero attached hydrogens (tertiary/aromatic N) is 6. The molecule has 1 unspecified atom stereocenters. The highest BCUT2D eigenvalue weighted by molar-refractivity contribution is 5.96. The third-order valence-electron chi connectivity index (χ3n) is 5.38. The van der Waals surface area contributed by atoms with Crippen LogP contribution in [0, 0.1) is 6.92 Å². The van der Waals surface area contributed by atoms with E-state index in [0.29, 0.717) is 18.0 Å². The summed E-state index contributed by atoms with van der Waals surface area (Å²) < 4.78 is 1.79. The number of benzene rings is 1. The van der Waals surface area contributed by atoms with Crippen molar-refractivity contribution in [3.05, 3.63) is 66.0 Å². The smallest absolute Gasteiger partial charge is 0.272 e. The van der Waals surface area contributed by atoms with E-state index in [1.54, 1.807) is 10.7 Å². The fourth-order valence-electron chi connectivity index (χ4n) is 4.02. The third-order valence-corrected chi connectivity index (χ3v) is 5.38. The molecule has 3 aromatic heterocycles. The van der Waals surface area contributed by atoms with Gasteiger partial charge in [0.2, 0.25) is 0 Å². The molecule has 7 heteroatoms. The van der Waals surface area contributed by atoms with Crippen LogP contribution in [0.25, 0.3) is 16.6 Å². The van der Waals surface area contributed by atoms with Gasteiger partial charge in [-0.05, 0) is 37.3 Å². The summed E-state index contributed by atoms with van der Waals surface area (Å²) in [4.78, 5) is 28.1. The fourth-order valence-corrected chi connectivity index (χ4v) is 4.02. The largest absolute Gasteiger partial charge is 0.337 e. The molecule has 28 heavy (non-hydrogen) atoms. The summed E-state index contributed by atoms with van der Waals surface area (Å²) in [6.45, 7) is 3.35. The van der Waals surface area contributed by atoms with E-state index in [9.17, 15) is 4.79 Å². The second kappa shape index (κ2) is 6.67. The second-order valence-electron chi connectivity index (χ2n) is 7.30. The molecular formula is C21H20N6O. The van der Waals surface area contributed by atoms with Gasteiger partial charge in [-0.1, -0.05) is 24.3 Å². The zero-order chi connectivity index (χ0) is 19.1. The first-order valence-electron chi connectivity index (χ1n) is 9.50. The van der Waals surface area contributed by atoms with Gasteiger partial charge >= 0.3 is 0 Å². The Bertz CT molecular complexity index is 1180. The highest BCUT2D eigenvalue weighted by atomic mass is 16.2. The molecule has 1 saturated heterocycles. The first-order valence-corrected chi connectivity index (χ1v) is 9.50. The second-order valence-corrected chi connectivity index (χ2v) is 7.30. The number of likely N-dealkylation sites (tertiary alicyclic amines) is 1. The van der Waals surface area contributed by atoms with Crippen molar-refractivity contribution in [3.63, 3.8) is 0 Å². The van der Waals surface area contributed by atoms with Crippen molar-refractivity contribution >= 4 is 22.5 Å². The van der Waals surface area contributed by atoms with Gasteiger partial charge < -0.3 is 4.90 Å². The minimum Gasteiger partial charge on any atom is -0.337 e. The van der Waals surface area contributed by atoms with Crippen LogP contribution in [0.1, 0.15) is 40.6 Å². The van der Waals surface area contributed by atoms with E-state index in [4.69, 9.17) is 0 Å². The standard InChI is InChI=1S/C21H20N6O/c1-14-9-19(27-21(25-14)23-13-24-27)17-7-4-8-26(12-17)20(28)18-10-15-5-2-3-6-16(15)11-22-18/h2-3,5-6,9-11,13,17H,4,7-8,12H2,1H3. The minimum absolute atomic E-state index is 0.0175. The number of rotatable bonds is 2. The van der Waals surface area contributed by atoms with E-state index in [1.165, 1.54) is 6.33 Å². The maximum atomic E-state index is 13.1. The number of hydrogen-bond donors (Lipinski definition) is 0. The van der Waals surface area contributed by atoms with Crippen LogP contribution in [0.15, 0.2) is 48.9 Å². The minimum atomic E-state index is -0.0175. The molecule has 140 valence electrons. The van der Waals surface area contributed by atoms with Gasteiger partial charge in [-0.2, -0.15) is 10.1 Å². The summed E-state index contributed by atoms with van der Waals surface area (Å²) in [5.74, 6) is 0.787. The van der Waals surface area contributed by atoms with E-state index < -0.39 is 0 Å². The lowest BCUT2D eigenvalue weighted by Gasteiger charge is -2.32. The van der Waals surface area contributed by atoms with Gasteiger partial charge in [-0.25, -0.2) is 9.50 Å². The van der Waals surface area contributed by atoms with Crippen LogP contribution >= 0.6 is 0 Å². The first-order chi connectivity index (χ1) is 13.7. The molecule has 1 aliphatic rings.